The van der Waals surface area contributed by atoms with Gasteiger partial charge in [0.05, 0.1) is 21.5 Å². The Morgan fingerprint density at radius 3 is 2.55 bits per heavy atom. The van der Waals surface area contributed by atoms with Crippen LogP contribution in [0.3, 0.4) is 0 Å². The molecule has 1 aromatic heterocycles. The third-order valence-corrected chi connectivity index (χ3v) is 5.15. The highest BCUT2D eigenvalue weighted by Crippen LogP contribution is 2.34. The summed E-state index contributed by atoms with van der Waals surface area (Å²) in [6.45, 7) is 1.91. The fraction of sp³-hybridized carbons (Fsp3) is 0.167. The highest BCUT2D eigenvalue weighted by molar-refractivity contribution is 8.01. The molecule has 0 radical (unpaired) electrons. The van der Waals surface area contributed by atoms with Gasteiger partial charge in [-0.15, -0.1) is 11.3 Å². The molecule has 1 N–H and O–H groups in total. The topological polar surface area (TPSA) is 42.0 Å². The summed E-state index contributed by atoms with van der Waals surface area (Å²) < 4.78 is 0.853. The Morgan fingerprint density at radius 1 is 1.35 bits per heavy atom. The minimum absolute atomic E-state index is 0.200. The first-order valence-electron chi connectivity index (χ1n) is 5.45. The molecule has 0 saturated carbocycles. The summed E-state index contributed by atoms with van der Waals surface area (Å²) in [6, 6.07) is 3.06. The number of nitrogens with zero attached hydrogens (tertiary/aromatic N) is 1. The van der Waals surface area contributed by atoms with Crippen LogP contribution in [0.15, 0.2) is 21.9 Å². The van der Waals surface area contributed by atoms with Crippen molar-refractivity contribution in [2.24, 2.45) is 0 Å². The Bertz CT molecular complexity index is 622. The van der Waals surface area contributed by atoms with Crippen LogP contribution in [-0.2, 0) is 4.79 Å². The minimum Gasteiger partial charge on any atom is -0.323 e. The second-order valence-corrected chi connectivity index (χ2v) is 7.17. The van der Waals surface area contributed by atoms with Gasteiger partial charge in [-0.3, -0.25) is 4.79 Å². The second-order valence-electron chi connectivity index (χ2n) is 3.84. The predicted molar refractivity (Wildman–Crippen MR) is 87.7 cm³/mol. The number of thiazole rings is 1. The molecule has 106 valence electrons. The van der Waals surface area contributed by atoms with Crippen LogP contribution in [0.1, 0.15) is 5.69 Å². The van der Waals surface area contributed by atoms with Gasteiger partial charge < -0.3 is 5.32 Å². The average Bonchev–Trinajstić information content (AvgIpc) is 2.77. The third kappa shape index (κ3) is 4.27. The first-order valence-corrected chi connectivity index (χ1v) is 8.45. The van der Waals surface area contributed by atoms with Gasteiger partial charge in [0, 0.05) is 16.1 Å². The predicted octanol–water partition coefficient (Wildman–Crippen LogP) is 5.14. The van der Waals surface area contributed by atoms with Crippen molar-refractivity contribution in [2.45, 2.75) is 11.3 Å². The fourth-order valence-corrected chi connectivity index (χ4v) is 3.92. The maximum Gasteiger partial charge on any atom is 0.234 e. The Kier molecular flexibility index (Phi) is 5.57. The minimum atomic E-state index is -0.200. The number of nitrogens with one attached hydrogen (secondary N) is 1. The van der Waals surface area contributed by atoms with Crippen LogP contribution in [0.25, 0.3) is 0 Å². The monoisotopic (exact) mass is 366 g/mol. The lowest BCUT2D eigenvalue weighted by Gasteiger charge is -2.09. The van der Waals surface area contributed by atoms with Crippen LogP contribution in [-0.4, -0.2) is 16.6 Å². The summed E-state index contributed by atoms with van der Waals surface area (Å²) in [5.74, 6) is 0.0383. The van der Waals surface area contributed by atoms with Gasteiger partial charge in [0.2, 0.25) is 5.91 Å². The highest BCUT2D eigenvalue weighted by Gasteiger charge is 2.12. The number of aromatic nitrogens is 1. The summed E-state index contributed by atoms with van der Waals surface area (Å²) in [5.41, 5.74) is 1.32. The molecule has 0 aliphatic heterocycles. The molecule has 0 spiro atoms. The van der Waals surface area contributed by atoms with Crippen LogP contribution in [0, 0.1) is 6.92 Å². The van der Waals surface area contributed by atoms with E-state index in [-0.39, 0.29) is 11.7 Å². The lowest BCUT2D eigenvalue weighted by atomic mass is 10.3. The number of benzene rings is 1. The first-order chi connectivity index (χ1) is 9.45. The Hall–Kier alpha value is -0.460. The third-order valence-electron chi connectivity index (χ3n) is 2.20. The molecular weight excluding hydrogens is 359 g/mol. The number of carbonyl (C=O) groups excluding carboxylic acids is 1. The van der Waals surface area contributed by atoms with Gasteiger partial charge in [0.25, 0.3) is 0 Å². The van der Waals surface area contributed by atoms with Crippen LogP contribution >= 0.6 is 57.9 Å². The van der Waals surface area contributed by atoms with Gasteiger partial charge >= 0.3 is 0 Å². The van der Waals surface area contributed by atoms with E-state index in [1.165, 1.54) is 35.2 Å². The molecule has 8 heteroatoms. The number of aryl methyl sites for hydroxylation is 1. The van der Waals surface area contributed by atoms with Gasteiger partial charge in [0.1, 0.15) is 0 Å². The lowest BCUT2D eigenvalue weighted by Crippen LogP contribution is -2.14. The summed E-state index contributed by atoms with van der Waals surface area (Å²) in [6.07, 6.45) is 0. The molecular formula is C12H9Cl3N2OS2. The van der Waals surface area contributed by atoms with Crippen molar-refractivity contribution in [3.63, 3.8) is 0 Å². The molecule has 0 aliphatic carbocycles. The largest absolute Gasteiger partial charge is 0.323 e. The van der Waals surface area contributed by atoms with Gasteiger partial charge in [0.15, 0.2) is 4.34 Å². The standard InChI is InChI=1S/C12H9Cl3N2OS2/c1-6-4-19-12(16-6)20-5-10(18)17-11-8(14)2-7(13)3-9(11)15/h2-4H,5H2,1H3,(H,17,18). The number of halogens is 3. The van der Waals surface area contributed by atoms with E-state index < -0.39 is 0 Å². The zero-order valence-corrected chi connectivity index (χ0v) is 14.1. The Labute approximate surface area is 139 Å². The van der Waals surface area contributed by atoms with Crippen LogP contribution in [0.4, 0.5) is 5.69 Å². The number of anilines is 1. The Balaban J connectivity index is 1.98. The molecule has 0 aliphatic rings. The molecule has 2 aromatic rings. The number of carbonyl (C=O) groups is 1. The van der Waals surface area contributed by atoms with Crippen LogP contribution in [0.5, 0.6) is 0 Å². The van der Waals surface area contributed by atoms with Crippen molar-refractivity contribution in [3.8, 4) is 0 Å². The molecule has 1 heterocycles. The fourth-order valence-electron chi connectivity index (χ4n) is 1.36. The first kappa shape index (κ1) is 15.9. The summed E-state index contributed by atoms with van der Waals surface area (Å²) in [4.78, 5) is 16.1. The van der Waals surface area contributed by atoms with Gasteiger partial charge in [-0.2, -0.15) is 0 Å². The van der Waals surface area contributed by atoms with Crippen molar-refractivity contribution < 1.29 is 4.79 Å². The molecule has 0 atom stereocenters. The quantitative estimate of drug-likeness (QED) is 0.760. The molecule has 0 fully saturated rings. The van der Waals surface area contributed by atoms with Crippen LogP contribution < -0.4 is 5.32 Å². The smallest absolute Gasteiger partial charge is 0.234 e. The summed E-state index contributed by atoms with van der Waals surface area (Å²) >= 11 is 20.7. The zero-order valence-electron chi connectivity index (χ0n) is 10.2. The molecule has 1 aromatic carbocycles. The summed E-state index contributed by atoms with van der Waals surface area (Å²) in [5, 5.41) is 5.66. The van der Waals surface area contributed by atoms with Crippen molar-refractivity contribution in [1.29, 1.82) is 0 Å². The normalized spacial score (nSPS) is 10.6. The Morgan fingerprint density at radius 2 is 2.00 bits per heavy atom. The highest BCUT2D eigenvalue weighted by atomic mass is 35.5. The molecule has 0 bridgehead atoms. The van der Waals surface area contributed by atoms with Crippen LogP contribution in [0.2, 0.25) is 15.1 Å². The van der Waals surface area contributed by atoms with Crippen molar-refractivity contribution in [3.05, 3.63) is 38.3 Å². The van der Waals surface area contributed by atoms with E-state index >= 15 is 0 Å². The lowest BCUT2D eigenvalue weighted by molar-refractivity contribution is -0.113. The van der Waals surface area contributed by atoms with E-state index in [9.17, 15) is 4.79 Å². The van der Waals surface area contributed by atoms with Crippen molar-refractivity contribution in [1.82, 2.24) is 4.98 Å². The van der Waals surface area contributed by atoms with Gasteiger partial charge in [-0.25, -0.2) is 4.98 Å². The van der Waals surface area contributed by atoms with E-state index in [0.29, 0.717) is 20.8 Å². The zero-order chi connectivity index (χ0) is 14.7. The van der Waals surface area contributed by atoms with E-state index in [2.05, 4.69) is 10.3 Å². The number of hydrogen-bond acceptors (Lipinski definition) is 4. The molecule has 20 heavy (non-hydrogen) atoms. The van der Waals surface area contributed by atoms with Gasteiger partial charge in [-0.05, 0) is 19.1 Å². The molecule has 2 rings (SSSR count). The van der Waals surface area contributed by atoms with E-state index in [0.717, 1.165) is 10.0 Å². The van der Waals surface area contributed by atoms with E-state index in [1.807, 2.05) is 12.3 Å². The SMILES string of the molecule is Cc1csc(SCC(=O)Nc2c(Cl)cc(Cl)cc2Cl)n1. The molecule has 0 unspecified atom stereocenters. The second kappa shape index (κ2) is 7.00. The van der Waals surface area contributed by atoms with Crippen molar-refractivity contribution >= 4 is 69.5 Å². The number of amides is 1. The number of rotatable bonds is 4. The van der Waals surface area contributed by atoms with Crippen molar-refractivity contribution in [2.75, 3.05) is 11.1 Å². The molecule has 1 amide bonds. The maximum absolute atomic E-state index is 11.9. The summed E-state index contributed by atoms with van der Waals surface area (Å²) in [7, 11) is 0. The number of thioether (sulfide) groups is 1. The number of hydrogen-bond donors (Lipinski definition) is 1. The maximum atomic E-state index is 11.9. The molecule has 0 saturated heterocycles. The van der Waals surface area contributed by atoms with Gasteiger partial charge in [-0.1, -0.05) is 46.6 Å². The molecule has 3 nitrogen and oxygen atoms in total. The van der Waals surface area contributed by atoms with E-state index in [1.54, 1.807) is 0 Å². The van der Waals surface area contributed by atoms with E-state index in [4.69, 9.17) is 34.8 Å². The average molecular weight is 368 g/mol.